The molecule has 1 aromatic rings. The van der Waals surface area contributed by atoms with E-state index in [0.717, 1.165) is 6.07 Å². The summed E-state index contributed by atoms with van der Waals surface area (Å²) in [7, 11) is 0. The predicted molar refractivity (Wildman–Crippen MR) is 70.1 cm³/mol. The number of hydrogen-bond acceptors (Lipinski definition) is 5. The quantitative estimate of drug-likeness (QED) is 0.750. The van der Waals surface area contributed by atoms with Crippen LogP contribution < -0.4 is 15.4 Å². The van der Waals surface area contributed by atoms with Gasteiger partial charge in [0.1, 0.15) is 11.6 Å². The molecule has 8 heteroatoms. The number of carbonyl (C=O) groups is 3. The SMILES string of the molecule is CCNC(=O)NC(=O)COC(=O)COc1cccc(F)c1. The molecule has 0 heterocycles. The predicted octanol–water partition coefficient (Wildman–Crippen LogP) is 0.593. The lowest BCUT2D eigenvalue weighted by Crippen LogP contribution is -2.41. The third kappa shape index (κ3) is 6.90. The number of ether oxygens (including phenoxy) is 2. The van der Waals surface area contributed by atoms with E-state index in [4.69, 9.17) is 4.74 Å². The fraction of sp³-hybridized carbons (Fsp3) is 0.308. The molecule has 7 nitrogen and oxygen atoms in total. The molecule has 1 rings (SSSR count). The molecule has 0 saturated heterocycles. The first kappa shape index (κ1) is 16.4. The van der Waals surface area contributed by atoms with Crippen LogP contribution in [0.1, 0.15) is 6.92 Å². The summed E-state index contributed by atoms with van der Waals surface area (Å²) in [5, 5.41) is 4.31. The van der Waals surface area contributed by atoms with E-state index in [1.807, 2.05) is 5.32 Å². The smallest absolute Gasteiger partial charge is 0.344 e. The number of imide groups is 1. The molecule has 0 unspecified atom stereocenters. The summed E-state index contributed by atoms with van der Waals surface area (Å²) in [5.74, 6) is -1.91. The molecular weight excluding hydrogens is 283 g/mol. The van der Waals surface area contributed by atoms with Gasteiger partial charge in [0.05, 0.1) is 0 Å². The van der Waals surface area contributed by atoms with Gasteiger partial charge >= 0.3 is 12.0 Å². The second-order valence-corrected chi connectivity index (χ2v) is 3.81. The number of esters is 1. The molecule has 0 atom stereocenters. The maximum absolute atomic E-state index is 12.8. The molecule has 0 aromatic heterocycles. The standard InChI is InChI=1S/C13H15FN2O5/c1-2-15-13(19)16-11(17)7-21-12(18)8-20-10-5-3-4-9(14)6-10/h3-6H,2,7-8H2,1H3,(H2,15,16,17,19). The van der Waals surface area contributed by atoms with Gasteiger partial charge in [0.25, 0.3) is 5.91 Å². The maximum Gasteiger partial charge on any atom is 0.344 e. The fourth-order valence-electron chi connectivity index (χ4n) is 1.25. The second-order valence-electron chi connectivity index (χ2n) is 3.81. The topological polar surface area (TPSA) is 93.7 Å². The Morgan fingerprint density at radius 3 is 2.67 bits per heavy atom. The van der Waals surface area contributed by atoms with E-state index in [9.17, 15) is 18.8 Å². The molecule has 1 aromatic carbocycles. The number of urea groups is 1. The highest BCUT2D eigenvalue weighted by Gasteiger charge is 2.11. The van der Waals surface area contributed by atoms with Crippen LogP contribution in [0.3, 0.4) is 0 Å². The first-order valence-corrected chi connectivity index (χ1v) is 6.13. The molecule has 114 valence electrons. The summed E-state index contributed by atoms with van der Waals surface area (Å²) in [6.45, 7) is 0.967. The van der Waals surface area contributed by atoms with E-state index >= 15 is 0 Å². The van der Waals surface area contributed by atoms with Gasteiger partial charge in [-0.15, -0.1) is 0 Å². The van der Waals surface area contributed by atoms with Crippen LogP contribution in [-0.4, -0.2) is 37.7 Å². The zero-order valence-corrected chi connectivity index (χ0v) is 11.3. The van der Waals surface area contributed by atoms with Crippen molar-refractivity contribution in [2.24, 2.45) is 0 Å². The third-order valence-electron chi connectivity index (χ3n) is 2.11. The molecule has 2 N–H and O–H groups in total. The molecule has 21 heavy (non-hydrogen) atoms. The molecule has 3 amide bonds. The average Bonchev–Trinajstić information content (AvgIpc) is 2.43. The molecule has 0 radical (unpaired) electrons. The molecule has 0 aliphatic carbocycles. The van der Waals surface area contributed by atoms with Crippen LogP contribution in [0.25, 0.3) is 0 Å². The second kappa shape index (κ2) is 8.51. The van der Waals surface area contributed by atoms with E-state index in [-0.39, 0.29) is 5.75 Å². The van der Waals surface area contributed by atoms with Crippen molar-refractivity contribution in [1.29, 1.82) is 0 Å². The van der Waals surface area contributed by atoms with Crippen molar-refractivity contribution in [3.63, 3.8) is 0 Å². The number of carbonyl (C=O) groups excluding carboxylic acids is 3. The van der Waals surface area contributed by atoms with Gasteiger partial charge in [-0.1, -0.05) is 6.07 Å². The lowest BCUT2D eigenvalue weighted by molar-refractivity contribution is -0.150. The summed E-state index contributed by atoms with van der Waals surface area (Å²) in [6.07, 6.45) is 0. The Bertz CT molecular complexity index is 521. The number of nitrogens with one attached hydrogen (secondary N) is 2. The summed E-state index contributed by atoms with van der Waals surface area (Å²) in [4.78, 5) is 33.5. The molecule has 0 spiro atoms. The van der Waals surface area contributed by atoms with Crippen LogP contribution >= 0.6 is 0 Å². The number of halogens is 1. The van der Waals surface area contributed by atoms with Crippen molar-refractivity contribution in [3.05, 3.63) is 30.1 Å². The van der Waals surface area contributed by atoms with E-state index in [2.05, 4.69) is 10.1 Å². The van der Waals surface area contributed by atoms with Crippen LogP contribution in [0.15, 0.2) is 24.3 Å². The summed E-state index contributed by atoms with van der Waals surface area (Å²) in [5.41, 5.74) is 0. The molecule has 0 saturated carbocycles. The van der Waals surface area contributed by atoms with Crippen molar-refractivity contribution in [2.45, 2.75) is 6.92 Å². The minimum atomic E-state index is -0.815. The first-order valence-electron chi connectivity index (χ1n) is 6.13. The monoisotopic (exact) mass is 298 g/mol. The van der Waals surface area contributed by atoms with Crippen LogP contribution in [0.2, 0.25) is 0 Å². The van der Waals surface area contributed by atoms with Crippen molar-refractivity contribution >= 4 is 17.9 Å². The van der Waals surface area contributed by atoms with Gasteiger partial charge < -0.3 is 14.8 Å². The van der Waals surface area contributed by atoms with Crippen LogP contribution in [0.5, 0.6) is 5.75 Å². The van der Waals surface area contributed by atoms with Crippen molar-refractivity contribution < 1.29 is 28.2 Å². The van der Waals surface area contributed by atoms with E-state index in [0.29, 0.717) is 6.54 Å². The van der Waals surface area contributed by atoms with Crippen molar-refractivity contribution in [1.82, 2.24) is 10.6 Å². The van der Waals surface area contributed by atoms with E-state index in [1.54, 1.807) is 6.92 Å². The number of rotatable bonds is 6. The Balaban J connectivity index is 2.25. The minimum Gasteiger partial charge on any atom is -0.482 e. The van der Waals surface area contributed by atoms with Crippen molar-refractivity contribution in [3.8, 4) is 5.75 Å². The molecule has 0 bridgehead atoms. The van der Waals surface area contributed by atoms with Crippen LogP contribution in [-0.2, 0) is 14.3 Å². The average molecular weight is 298 g/mol. The Hall–Kier alpha value is -2.64. The highest BCUT2D eigenvalue weighted by molar-refractivity contribution is 5.95. The lowest BCUT2D eigenvalue weighted by atomic mass is 10.3. The number of hydrogen-bond donors (Lipinski definition) is 2. The van der Waals surface area contributed by atoms with Crippen LogP contribution in [0, 0.1) is 5.82 Å². The van der Waals surface area contributed by atoms with Gasteiger partial charge in [0.15, 0.2) is 13.2 Å². The summed E-state index contributed by atoms with van der Waals surface area (Å²) in [6, 6.07) is 4.56. The molecule has 0 aliphatic rings. The Morgan fingerprint density at radius 1 is 1.24 bits per heavy atom. The Kier molecular flexibility index (Phi) is 6.66. The number of amides is 3. The highest BCUT2D eigenvalue weighted by Crippen LogP contribution is 2.11. The van der Waals surface area contributed by atoms with Gasteiger partial charge in [0.2, 0.25) is 0 Å². The summed E-state index contributed by atoms with van der Waals surface area (Å²) >= 11 is 0. The molecule has 0 aliphatic heterocycles. The molecule has 0 fully saturated rings. The minimum absolute atomic E-state index is 0.165. The van der Waals surface area contributed by atoms with Crippen molar-refractivity contribution in [2.75, 3.05) is 19.8 Å². The fourth-order valence-corrected chi connectivity index (χ4v) is 1.25. The van der Waals surface area contributed by atoms with Gasteiger partial charge in [-0.05, 0) is 19.1 Å². The van der Waals surface area contributed by atoms with Gasteiger partial charge in [0, 0.05) is 12.6 Å². The maximum atomic E-state index is 12.8. The zero-order valence-electron chi connectivity index (χ0n) is 11.3. The van der Waals surface area contributed by atoms with Gasteiger partial charge in [-0.3, -0.25) is 10.1 Å². The number of benzene rings is 1. The third-order valence-corrected chi connectivity index (χ3v) is 2.11. The zero-order chi connectivity index (χ0) is 15.7. The van der Waals surface area contributed by atoms with E-state index in [1.165, 1.54) is 18.2 Å². The highest BCUT2D eigenvalue weighted by atomic mass is 19.1. The first-order chi connectivity index (χ1) is 10.0. The Morgan fingerprint density at radius 2 is 2.00 bits per heavy atom. The Labute approximate surface area is 120 Å². The lowest BCUT2D eigenvalue weighted by Gasteiger charge is -2.07. The van der Waals surface area contributed by atoms with Gasteiger partial charge in [-0.2, -0.15) is 0 Å². The van der Waals surface area contributed by atoms with Gasteiger partial charge in [-0.25, -0.2) is 14.0 Å². The van der Waals surface area contributed by atoms with E-state index < -0.39 is 36.9 Å². The normalized spacial score (nSPS) is 9.62. The summed E-state index contributed by atoms with van der Waals surface area (Å²) < 4.78 is 22.4. The van der Waals surface area contributed by atoms with Crippen LogP contribution in [0.4, 0.5) is 9.18 Å². The molecular formula is C13H15FN2O5. The largest absolute Gasteiger partial charge is 0.482 e.